The first-order valence-corrected chi connectivity index (χ1v) is 8.00. The molecule has 0 unspecified atom stereocenters. The van der Waals surface area contributed by atoms with E-state index in [9.17, 15) is 0 Å². The second-order valence-corrected chi connectivity index (χ2v) is 5.58. The Hall–Kier alpha value is -4.78. The largest absolute Gasteiger partial charge is 0.457 e. The molecule has 3 aromatic carbocycles. The molecule has 0 aliphatic heterocycles. The van der Waals surface area contributed by atoms with Gasteiger partial charge < -0.3 is 9.47 Å². The topological polar surface area (TPSA) is 114 Å². The second kappa shape index (κ2) is 8.07. The molecule has 3 aromatic rings. The van der Waals surface area contributed by atoms with Gasteiger partial charge in [0.15, 0.2) is 0 Å². The monoisotopic (exact) mass is 362 g/mol. The van der Waals surface area contributed by atoms with Gasteiger partial charge in [0.2, 0.25) is 0 Å². The molecule has 6 nitrogen and oxygen atoms in total. The summed E-state index contributed by atoms with van der Waals surface area (Å²) in [4.78, 5) is 0. The Morgan fingerprint density at radius 2 is 1.07 bits per heavy atom. The number of nitrogens with zero attached hydrogens (tertiary/aromatic N) is 4. The van der Waals surface area contributed by atoms with E-state index in [0.717, 1.165) is 0 Å². The first-order valence-electron chi connectivity index (χ1n) is 8.00. The lowest BCUT2D eigenvalue weighted by molar-refractivity contribution is 0.460. The van der Waals surface area contributed by atoms with E-state index in [4.69, 9.17) is 30.5 Å². The Labute approximate surface area is 161 Å². The smallest absolute Gasteiger partial charge is 0.131 e. The lowest BCUT2D eigenvalue weighted by atomic mass is 10.1. The van der Waals surface area contributed by atoms with Gasteiger partial charge in [-0.15, -0.1) is 0 Å². The van der Waals surface area contributed by atoms with Crippen LogP contribution in [0.25, 0.3) is 0 Å². The Balaban J connectivity index is 1.84. The lowest BCUT2D eigenvalue weighted by Gasteiger charge is -2.10. The van der Waals surface area contributed by atoms with Crippen LogP contribution in [0.15, 0.2) is 60.7 Å². The maximum absolute atomic E-state index is 9.11. The average Bonchev–Trinajstić information content (AvgIpc) is 2.73. The van der Waals surface area contributed by atoms with Gasteiger partial charge >= 0.3 is 0 Å². The molecule has 130 valence electrons. The molecule has 0 fully saturated rings. The Morgan fingerprint density at radius 1 is 0.500 bits per heavy atom. The molecule has 0 aliphatic rings. The fourth-order valence-corrected chi connectivity index (χ4v) is 2.44. The van der Waals surface area contributed by atoms with Gasteiger partial charge in [-0.2, -0.15) is 21.0 Å². The van der Waals surface area contributed by atoms with E-state index in [1.165, 1.54) is 30.3 Å². The van der Waals surface area contributed by atoms with Crippen molar-refractivity contribution in [3.8, 4) is 47.3 Å². The van der Waals surface area contributed by atoms with Crippen LogP contribution in [0.2, 0.25) is 0 Å². The van der Waals surface area contributed by atoms with E-state index in [-0.39, 0.29) is 11.1 Å². The minimum Gasteiger partial charge on any atom is -0.457 e. The molecule has 6 heteroatoms. The third kappa shape index (κ3) is 4.06. The van der Waals surface area contributed by atoms with E-state index in [2.05, 4.69) is 0 Å². The zero-order chi connectivity index (χ0) is 19.9. The van der Waals surface area contributed by atoms with E-state index < -0.39 is 0 Å². The van der Waals surface area contributed by atoms with Crippen LogP contribution in [0.5, 0.6) is 23.0 Å². The molecule has 0 spiro atoms. The molecule has 0 aromatic heterocycles. The van der Waals surface area contributed by atoms with Gasteiger partial charge in [0.25, 0.3) is 0 Å². The number of nitriles is 4. The quantitative estimate of drug-likeness (QED) is 0.661. The van der Waals surface area contributed by atoms with Crippen molar-refractivity contribution in [2.45, 2.75) is 0 Å². The summed E-state index contributed by atoms with van der Waals surface area (Å²) in [5.74, 6) is 1.68. The molecule has 0 saturated heterocycles. The van der Waals surface area contributed by atoms with E-state index in [0.29, 0.717) is 34.1 Å². The van der Waals surface area contributed by atoms with Crippen molar-refractivity contribution in [2.75, 3.05) is 0 Å². The second-order valence-electron chi connectivity index (χ2n) is 5.58. The summed E-state index contributed by atoms with van der Waals surface area (Å²) >= 11 is 0. The molecule has 0 saturated carbocycles. The lowest BCUT2D eigenvalue weighted by Crippen LogP contribution is -1.90. The summed E-state index contributed by atoms with van der Waals surface area (Å²) in [5.41, 5.74) is 1.15. The number of hydrogen-bond donors (Lipinski definition) is 0. The molecular formula is C22H10N4O2. The molecule has 0 N–H and O–H groups in total. The van der Waals surface area contributed by atoms with Gasteiger partial charge in [0.05, 0.1) is 34.4 Å². The van der Waals surface area contributed by atoms with Gasteiger partial charge in [-0.1, -0.05) is 6.07 Å². The summed E-state index contributed by atoms with van der Waals surface area (Å²) in [6, 6.07) is 23.8. The van der Waals surface area contributed by atoms with Crippen molar-refractivity contribution >= 4 is 0 Å². The summed E-state index contributed by atoms with van der Waals surface area (Å²) < 4.78 is 11.5. The molecule has 0 aliphatic carbocycles. The third-order valence-electron chi connectivity index (χ3n) is 3.67. The van der Waals surface area contributed by atoms with Crippen molar-refractivity contribution in [1.29, 1.82) is 21.0 Å². The van der Waals surface area contributed by atoms with E-state index in [1.807, 2.05) is 24.3 Å². The minimum atomic E-state index is 0.227. The Morgan fingerprint density at radius 3 is 1.64 bits per heavy atom. The summed E-state index contributed by atoms with van der Waals surface area (Å²) in [5, 5.41) is 36.2. The Kier molecular flexibility index (Phi) is 5.19. The van der Waals surface area contributed by atoms with Crippen molar-refractivity contribution in [2.24, 2.45) is 0 Å². The van der Waals surface area contributed by atoms with Gasteiger partial charge in [0.1, 0.15) is 35.1 Å². The molecule has 0 atom stereocenters. The normalized spacial score (nSPS) is 9.29. The highest BCUT2D eigenvalue weighted by Crippen LogP contribution is 2.30. The van der Waals surface area contributed by atoms with Crippen LogP contribution in [-0.4, -0.2) is 0 Å². The third-order valence-corrected chi connectivity index (χ3v) is 3.67. The molecule has 0 amide bonds. The van der Waals surface area contributed by atoms with Crippen molar-refractivity contribution in [3.05, 3.63) is 82.9 Å². The number of hydrogen-bond acceptors (Lipinski definition) is 6. The van der Waals surface area contributed by atoms with E-state index in [1.54, 1.807) is 30.3 Å². The highest BCUT2D eigenvalue weighted by atomic mass is 16.5. The molecular weight excluding hydrogens is 352 g/mol. The maximum atomic E-state index is 9.11. The van der Waals surface area contributed by atoms with Gasteiger partial charge in [0, 0.05) is 6.07 Å². The van der Waals surface area contributed by atoms with Gasteiger partial charge in [-0.25, -0.2) is 0 Å². The molecule has 0 bridgehead atoms. The number of benzene rings is 3. The van der Waals surface area contributed by atoms with Gasteiger partial charge in [-0.05, 0) is 48.5 Å². The van der Waals surface area contributed by atoms with Crippen LogP contribution in [0.3, 0.4) is 0 Å². The predicted octanol–water partition coefficient (Wildman–Crippen LogP) is 4.76. The van der Waals surface area contributed by atoms with Crippen molar-refractivity contribution in [1.82, 2.24) is 0 Å². The maximum Gasteiger partial charge on any atom is 0.131 e. The fourth-order valence-electron chi connectivity index (χ4n) is 2.44. The predicted molar refractivity (Wildman–Crippen MR) is 98.3 cm³/mol. The van der Waals surface area contributed by atoms with Crippen LogP contribution >= 0.6 is 0 Å². The van der Waals surface area contributed by atoms with E-state index >= 15 is 0 Å². The highest BCUT2D eigenvalue weighted by molar-refractivity contribution is 5.51. The number of rotatable bonds is 4. The van der Waals surface area contributed by atoms with Crippen LogP contribution in [0.4, 0.5) is 0 Å². The van der Waals surface area contributed by atoms with Crippen molar-refractivity contribution in [3.63, 3.8) is 0 Å². The molecule has 28 heavy (non-hydrogen) atoms. The van der Waals surface area contributed by atoms with Gasteiger partial charge in [-0.3, -0.25) is 0 Å². The Bertz CT molecular complexity index is 1190. The van der Waals surface area contributed by atoms with Crippen LogP contribution in [0, 0.1) is 45.3 Å². The van der Waals surface area contributed by atoms with Crippen LogP contribution < -0.4 is 9.47 Å². The van der Waals surface area contributed by atoms with Crippen LogP contribution in [0.1, 0.15) is 22.3 Å². The minimum absolute atomic E-state index is 0.227. The molecule has 0 heterocycles. The molecule has 3 rings (SSSR count). The first kappa shape index (κ1) is 18.0. The first-order chi connectivity index (χ1) is 13.6. The standard InChI is InChI=1S/C22H10N4O2/c23-11-15-6-16(12-24)8-22(7-15)28-20-3-1-2-19(10-20)27-21-5-4-17(13-25)18(9-21)14-26/h1-10H. The summed E-state index contributed by atoms with van der Waals surface area (Å²) in [6.07, 6.45) is 0. The highest BCUT2D eigenvalue weighted by Gasteiger charge is 2.07. The zero-order valence-corrected chi connectivity index (χ0v) is 14.4. The van der Waals surface area contributed by atoms with Crippen LogP contribution in [-0.2, 0) is 0 Å². The molecule has 0 radical (unpaired) electrons. The number of ether oxygens (including phenoxy) is 2. The zero-order valence-electron chi connectivity index (χ0n) is 14.4. The summed E-state index contributed by atoms with van der Waals surface area (Å²) in [7, 11) is 0. The average molecular weight is 362 g/mol. The van der Waals surface area contributed by atoms with Crippen molar-refractivity contribution < 1.29 is 9.47 Å². The summed E-state index contributed by atoms with van der Waals surface area (Å²) in [6.45, 7) is 0. The SMILES string of the molecule is N#Cc1cc(C#N)cc(Oc2cccc(Oc3ccc(C#N)c(C#N)c3)c2)c1. The fraction of sp³-hybridized carbons (Fsp3) is 0.